The Morgan fingerprint density at radius 2 is 1.75 bits per heavy atom. The van der Waals surface area contributed by atoms with Gasteiger partial charge in [-0.25, -0.2) is 18.2 Å². The molecule has 1 aromatic heterocycles. The molecule has 11 nitrogen and oxygen atoms in total. The van der Waals surface area contributed by atoms with Crippen LogP contribution in [0.2, 0.25) is 0 Å². The van der Waals surface area contributed by atoms with E-state index >= 15 is 0 Å². The van der Waals surface area contributed by atoms with Crippen molar-refractivity contribution in [2.75, 3.05) is 24.2 Å². The molecule has 1 aromatic carbocycles. The van der Waals surface area contributed by atoms with E-state index in [1.54, 1.807) is 42.6 Å². The number of nitriles is 1. The second-order valence-electron chi connectivity index (χ2n) is 8.55. The van der Waals surface area contributed by atoms with E-state index in [0.717, 1.165) is 5.56 Å². The number of barbiturate groups is 1. The number of carbonyl (C=O) groups is 3. The fourth-order valence-corrected chi connectivity index (χ4v) is 5.43. The molecular formula is C24H24N6O5S. The van der Waals surface area contributed by atoms with Gasteiger partial charge in [0.15, 0.2) is 0 Å². The Balaban J connectivity index is 1.45. The molecule has 12 heteroatoms. The number of piperidine rings is 1. The first kappa shape index (κ1) is 25.0. The van der Waals surface area contributed by atoms with Gasteiger partial charge < -0.3 is 4.90 Å². The number of carbonyl (C=O) groups excluding carboxylic acids is 3. The minimum atomic E-state index is -3.51. The lowest BCUT2D eigenvalue weighted by atomic mass is 10.0. The van der Waals surface area contributed by atoms with Gasteiger partial charge in [-0.05, 0) is 42.2 Å². The molecule has 3 heterocycles. The number of aromatic nitrogens is 1. The van der Waals surface area contributed by atoms with E-state index in [1.807, 2.05) is 15.5 Å². The quantitative estimate of drug-likeness (QED) is 0.435. The number of nitrogens with one attached hydrogen (secondary N) is 2. The SMILES string of the molecule is CS(=O)(=O)N(Cc1ccc(C=C2C(=O)NC(=O)NC2=O)cc1)C1CCN(c2ncccc2C#N)CC1. The standard InChI is InChI=1S/C24H24N6O5S/c1-36(34,35)30(19-8-11-29(12-9-19)21-18(14-25)3-2-10-26-21)15-17-6-4-16(5-7-17)13-20-22(31)27-24(33)28-23(20)32/h2-7,10,13,19H,8-9,11-12,15H2,1H3,(H2,27,28,31,32,33). The largest absolute Gasteiger partial charge is 0.355 e. The molecule has 36 heavy (non-hydrogen) atoms. The number of imide groups is 2. The maximum Gasteiger partial charge on any atom is 0.328 e. The van der Waals surface area contributed by atoms with E-state index in [9.17, 15) is 28.1 Å². The summed E-state index contributed by atoms with van der Waals surface area (Å²) in [6.07, 6.45) is 5.35. The van der Waals surface area contributed by atoms with Crippen molar-refractivity contribution in [1.82, 2.24) is 19.9 Å². The van der Waals surface area contributed by atoms with Gasteiger partial charge in [0.25, 0.3) is 11.8 Å². The van der Waals surface area contributed by atoms with Crippen LogP contribution in [-0.2, 0) is 26.2 Å². The monoisotopic (exact) mass is 508 g/mol. The molecule has 2 N–H and O–H groups in total. The summed E-state index contributed by atoms with van der Waals surface area (Å²) < 4.78 is 26.8. The highest BCUT2D eigenvalue weighted by Crippen LogP contribution is 2.26. The second kappa shape index (κ2) is 10.3. The maximum atomic E-state index is 12.6. The molecule has 0 unspecified atom stereocenters. The van der Waals surface area contributed by atoms with Crippen molar-refractivity contribution in [3.63, 3.8) is 0 Å². The van der Waals surface area contributed by atoms with Gasteiger partial charge in [0.05, 0.1) is 11.8 Å². The fourth-order valence-electron chi connectivity index (χ4n) is 4.29. The van der Waals surface area contributed by atoms with Gasteiger partial charge in [-0.3, -0.25) is 20.2 Å². The summed E-state index contributed by atoms with van der Waals surface area (Å²) in [5.74, 6) is -0.955. The molecule has 2 fully saturated rings. The minimum absolute atomic E-state index is 0.170. The fraction of sp³-hybridized carbons (Fsp3) is 0.292. The van der Waals surface area contributed by atoms with Gasteiger partial charge in [0.2, 0.25) is 10.0 Å². The number of sulfonamides is 1. The van der Waals surface area contributed by atoms with Gasteiger partial charge in [-0.15, -0.1) is 0 Å². The predicted octanol–water partition coefficient (Wildman–Crippen LogP) is 1.13. The second-order valence-corrected chi connectivity index (χ2v) is 10.5. The van der Waals surface area contributed by atoms with Crippen LogP contribution in [0.3, 0.4) is 0 Å². The summed E-state index contributed by atoms with van der Waals surface area (Å²) in [5, 5.41) is 13.4. The first-order valence-corrected chi connectivity index (χ1v) is 13.0. The number of urea groups is 1. The van der Waals surface area contributed by atoms with Crippen molar-refractivity contribution >= 4 is 39.8 Å². The van der Waals surface area contributed by atoms with Crippen molar-refractivity contribution in [1.29, 1.82) is 5.26 Å². The van der Waals surface area contributed by atoms with Crippen LogP contribution in [0.1, 0.15) is 29.5 Å². The normalized spacial score (nSPS) is 17.0. The van der Waals surface area contributed by atoms with Crippen LogP contribution in [0.25, 0.3) is 6.08 Å². The van der Waals surface area contributed by atoms with E-state index in [2.05, 4.69) is 11.1 Å². The zero-order valence-electron chi connectivity index (χ0n) is 19.5. The molecule has 186 valence electrons. The minimum Gasteiger partial charge on any atom is -0.355 e. The van der Waals surface area contributed by atoms with Crippen LogP contribution >= 0.6 is 0 Å². The van der Waals surface area contributed by atoms with Crippen LogP contribution in [0, 0.1) is 11.3 Å². The average Bonchev–Trinajstić information content (AvgIpc) is 2.85. The molecule has 0 bridgehead atoms. The number of anilines is 1. The van der Waals surface area contributed by atoms with Gasteiger partial charge in [-0.2, -0.15) is 9.57 Å². The van der Waals surface area contributed by atoms with Crippen LogP contribution in [0.15, 0.2) is 48.2 Å². The molecule has 0 radical (unpaired) electrons. The number of hydrogen-bond donors (Lipinski definition) is 2. The third-order valence-electron chi connectivity index (χ3n) is 6.08. The first-order valence-electron chi connectivity index (χ1n) is 11.2. The van der Waals surface area contributed by atoms with Crippen molar-refractivity contribution in [3.8, 4) is 6.07 Å². The lowest BCUT2D eigenvalue weighted by molar-refractivity contribution is -0.123. The van der Waals surface area contributed by atoms with Crippen LogP contribution in [-0.4, -0.2) is 60.9 Å². The first-order chi connectivity index (χ1) is 17.2. The smallest absolute Gasteiger partial charge is 0.328 e. The van der Waals surface area contributed by atoms with E-state index in [0.29, 0.717) is 42.9 Å². The van der Waals surface area contributed by atoms with Gasteiger partial charge in [0, 0.05) is 31.9 Å². The molecule has 0 aliphatic carbocycles. The molecule has 0 atom stereocenters. The molecule has 2 saturated heterocycles. The molecule has 0 saturated carbocycles. The van der Waals surface area contributed by atoms with E-state index in [4.69, 9.17) is 0 Å². The lowest BCUT2D eigenvalue weighted by Gasteiger charge is -2.38. The number of hydrogen-bond acceptors (Lipinski definition) is 8. The van der Waals surface area contributed by atoms with Gasteiger partial charge >= 0.3 is 6.03 Å². The molecule has 2 aliphatic rings. The van der Waals surface area contributed by atoms with Crippen LogP contribution in [0.5, 0.6) is 0 Å². The number of pyridine rings is 1. The Bertz CT molecular complexity index is 1350. The number of amides is 4. The van der Waals surface area contributed by atoms with E-state index < -0.39 is 27.9 Å². The molecule has 4 rings (SSSR count). The third kappa shape index (κ3) is 5.59. The number of benzene rings is 1. The van der Waals surface area contributed by atoms with Crippen LogP contribution < -0.4 is 15.5 Å². The molecule has 4 amide bonds. The average molecular weight is 509 g/mol. The highest BCUT2D eigenvalue weighted by Gasteiger charge is 2.31. The molecule has 2 aromatic rings. The van der Waals surface area contributed by atoms with Crippen molar-refractivity contribution in [2.24, 2.45) is 0 Å². The zero-order valence-corrected chi connectivity index (χ0v) is 20.3. The van der Waals surface area contributed by atoms with Crippen molar-refractivity contribution in [2.45, 2.75) is 25.4 Å². The molecule has 2 aliphatic heterocycles. The highest BCUT2D eigenvalue weighted by atomic mass is 32.2. The maximum absolute atomic E-state index is 12.6. The van der Waals surface area contributed by atoms with E-state index in [1.165, 1.54) is 16.6 Å². The summed E-state index contributed by atoms with van der Waals surface area (Å²) in [6, 6.07) is 11.3. The molecule has 0 spiro atoms. The topological polar surface area (TPSA) is 153 Å². The summed E-state index contributed by atoms with van der Waals surface area (Å²) in [5.41, 5.74) is 1.59. The Morgan fingerprint density at radius 1 is 1.11 bits per heavy atom. The summed E-state index contributed by atoms with van der Waals surface area (Å²) in [6.45, 7) is 1.31. The summed E-state index contributed by atoms with van der Waals surface area (Å²) >= 11 is 0. The number of nitrogens with zero attached hydrogens (tertiary/aromatic N) is 4. The van der Waals surface area contributed by atoms with Crippen molar-refractivity contribution < 1.29 is 22.8 Å². The predicted molar refractivity (Wildman–Crippen MR) is 131 cm³/mol. The highest BCUT2D eigenvalue weighted by molar-refractivity contribution is 7.88. The van der Waals surface area contributed by atoms with Crippen molar-refractivity contribution in [3.05, 3.63) is 64.9 Å². The molecular weight excluding hydrogens is 484 g/mol. The van der Waals surface area contributed by atoms with E-state index in [-0.39, 0.29) is 18.2 Å². The van der Waals surface area contributed by atoms with Gasteiger partial charge in [-0.1, -0.05) is 24.3 Å². The zero-order chi connectivity index (χ0) is 25.9. The number of rotatable bonds is 6. The van der Waals surface area contributed by atoms with Crippen LogP contribution in [0.4, 0.5) is 10.6 Å². The Hall–Kier alpha value is -4.08. The Morgan fingerprint density at radius 3 is 2.33 bits per heavy atom. The Labute approximate surface area is 208 Å². The Kier molecular flexibility index (Phi) is 7.14. The lowest BCUT2D eigenvalue weighted by Crippen LogP contribution is -2.51. The van der Waals surface area contributed by atoms with Gasteiger partial charge in [0.1, 0.15) is 17.5 Å². The third-order valence-corrected chi connectivity index (χ3v) is 7.36. The summed E-state index contributed by atoms with van der Waals surface area (Å²) in [4.78, 5) is 41.3. The summed E-state index contributed by atoms with van der Waals surface area (Å²) in [7, 11) is -3.51.